The molecule has 0 fully saturated rings. The highest BCUT2D eigenvalue weighted by atomic mass is 35.5. The van der Waals surface area contributed by atoms with E-state index in [0.717, 1.165) is 16.8 Å². The Kier molecular flexibility index (Phi) is 6.05. The first-order valence-electron chi connectivity index (χ1n) is 9.52. The van der Waals surface area contributed by atoms with Crippen molar-refractivity contribution in [3.05, 3.63) is 95.4 Å². The predicted octanol–water partition coefficient (Wildman–Crippen LogP) is 4.64. The molecule has 31 heavy (non-hydrogen) atoms. The van der Waals surface area contributed by atoms with E-state index in [-0.39, 0.29) is 5.91 Å². The van der Waals surface area contributed by atoms with Gasteiger partial charge < -0.3 is 16.4 Å². The van der Waals surface area contributed by atoms with Crippen LogP contribution < -0.4 is 16.4 Å². The van der Waals surface area contributed by atoms with E-state index in [1.807, 2.05) is 36.4 Å². The van der Waals surface area contributed by atoms with Gasteiger partial charge in [0, 0.05) is 30.1 Å². The number of aromatic nitrogens is 3. The quantitative estimate of drug-likeness (QED) is 0.304. The van der Waals surface area contributed by atoms with Crippen LogP contribution in [0.25, 0.3) is 11.3 Å². The van der Waals surface area contributed by atoms with E-state index in [0.29, 0.717) is 34.6 Å². The van der Waals surface area contributed by atoms with Crippen molar-refractivity contribution in [1.82, 2.24) is 15.0 Å². The summed E-state index contributed by atoms with van der Waals surface area (Å²) in [6.45, 7) is 0.510. The number of amides is 1. The van der Waals surface area contributed by atoms with Crippen molar-refractivity contribution in [2.45, 2.75) is 6.54 Å². The average Bonchev–Trinajstić information content (AvgIpc) is 2.80. The van der Waals surface area contributed by atoms with E-state index >= 15 is 0 Å². The van der Waals surface area contributed by atoms with Gasteiger partial charge in [-0.25, -0.2) is 15.0 Å². The molecule has 0 atom stereocenters. The van der Waals surface area contributed by atoms with Crippen LogP contribution >= 0.6 is 11.6 Å². The molecule has 154 valence electrons. The van der Waals surface area contributed by atoms with Gasteiger partial charge in [-0.1, -0.05) is 35.9 Å². The van der Waals surface area contributed by atoms with E-state index < -0.39 is 0 Å². The van der Waals surface area contributed by atoms with Crippen LogP contribution in [0.15, 0.2) is 79.1 Å². The number of halogens is 1. The first-order chi connectivity index (χ1) is 15.1. The number of carbonyl (C=O) groups is 1. The number of para-hydroxylation sites is 2. The van der Waals surface area contributed by atoms with Crippen molar-refractivity contribution in [2.75, 3.05) is 16.4 Å². The van der Waals surface area contributed by atoms with Crippen LogP contribution in [0.1, 0.15) is 15.9 Å². The van der Waals surface area contributed by atoms with Gasteiger partial charge in [0.15, 0.2) is 0 Å². The Morgan fingerprint density at radius 2 is 1.77 bits per heavy atom. The molecule has 0 aliphatic rings. The van der Waals surface area contributed by atoms with E-state index in [9.17, 15) is 4.79 Å². The topological polar surface area (TPSA) is 106 Å². The molecule has 0 bridgehead atoms. The van der Waals surface area contributed by atoms with Gasteiger partial charge in [0.2, 0.25) is 5.95 Å². The number of anilines is 3. The van der Waals surface area contributed by atoms with Gasteiger partial charge in [0.05, 0.1) is 17.1 Å². The second-order valence-electron chi connectivity index (χ2n) is 6.73. The highest BCUT2D eigenvalue weighted by Gasteiger charge is 2.08. The van der Waals surface area contributed by atoms with Gasteiger partial charge in [-0.15, -0.1) is 0 Å². The molecule has 2 aromatic carbocycles. The second kappa shape index (κ2) is 9.23. The zero-order valence-corrected chi connectivity index (χ0v) is 17.2. The average molecular weight is 431 g/mol. The van der Waals surface area contributed by atoms with Crippen molar-refractivity contribution < 1.29 is 4.79 Å². The first-order valence-corrected chi connectivity index (χ1v) is 9.90. The highest BCUT2D eigenvalue weighted by molar-refractivity contribution is 6.29. The molecule has 0 radical (unpaired) electrons. The number of rotatable bonds is 6. The lowest BCUT2D eigenvalue weighted by Crippen LogP contribution is -2.13. The van der Waals surface area contributed by atoms with Crippen molar-refractivity contribution in [3.8, 4) is 11.3 Å². The van der Waals surface area contributed by atoms with Crippen molar-refractivity contribution in [1.29, 1.82) is 0 Å². The number of nitrogens with zero attached hydrogens (tertiary/aromatic N) is 3. The van der Waals surface area contributed by atoms with Crippen LogP contribution in [-0.4, -0.2) is 20.9 Å². The zero-order valence-electron chi connectivity index (χ0n) is 16.4. The van der Waals surface area contributed by atoms with E-state index in [1.165, 1.54) is 0 Å². The SMILES string of the molecule is Nc1ccccc1NC(=O)c1ccc(CNc2nccc(-c3ccc(Cl)nc3)n2)cc1. The lowest BCUT2D eigenvalue weighted by molar-refractivity contribution is 0.102. The van der Waals surface area contributed by atoms with Crippen LogP contribution in [0.2, 0.25) is 5.15 Å². The fourth-order valence-electron chi connectivity index (χ4n) is 2.89. The minimum Gasteiger partial charge on any atom is -0.397 e. The number of nitrogens with one attached hydrogen (secondary N) is 2. The zero-order chi connectivity index (χ0) is 21.6. The monoisotopic (exact) mass is 430 g/mol. The molecule has 4 N–H and O–H groups in total. The first kappa shape index (κ1) is 20.3. The normalized spacial score (nSPS) is 10.5. The summed E-state index contributed by atoms with van der Waals surface area (Å²) in [5, 5.41) is 6.44. The Morgan fingerprint density at radius 3 is 2.52 bits per heavy atom. The van der Waals surface area contributed by atoms with Crippen molar-refractivity contribution >= 4 is 34.8 Å². The Hall–Kier alpha value is -3.97. The molecule has 2 aromatic heterocycles. The number of benzene rings is 2. The van der Waals surface area contributed by atoms with Crippen LogP contribution in [0.5, 0.6) is 0 Å². The molecule has 0 unspecified atom stereocenters. The molecular weight excluding hydrogens is 412 g/mol. The third kappa shape index (κ3) is 5.15. The molecule has 0 aliphatic carbocycles. The Labute approximate surface area is 184 Å². The largest absolute Gasteiger partial charge is 0.397 e. The molecule has 7 nitrogen and oxygen atoms in total. The third-order valence-corrected chi connectivity index (χ3v) is 4.78. The minimum absolute atomic E-state index is 0.218. The second-order valence-corrected chi connectivity index (χ2v) is 7.11. The van der Waals surface area contributed by atoms with E-state index in [2.05, 4.69) is 25.6 Å². The van der Waals surface area contributed by atoms with Gasteiger partial charge in [-0.05, 0) is 48.0 Å². The summed E-state index contributed by atoms with van der Waals surface area (Å²) in [4.78, 5) is 25.3. The van der Waals surface area contributed by atoms with Gasteiger partial charge >= 0.3 is 0 Å². The van der Waals surface area contributed by atoms with Crippen molar-refractivity contribution in [3.63, 3.8) is 0 Å². The van der Waals surface area contributed by atoms with Gasteiger partial charge in [-0.3, -0.25) is 4.79 Å². The number of hydrogen-bond acceptors (Lipinski definition) is 6. The number of carbonyl (C=O) groups excluding carboxylic acids is 1. The summed E-state index contributed by atoms with van der Waals surface area (Å²) < 4.78 is 0. The Bertz CT molecular complexity index is 1200. The highest BCUT2D eigenvalue weighted by Crippen LogP contribution is 2.19. The number of nitrogen functional groups attached to an aromatic ring is 1. The molecule has 8 heteroatoms. The fourth-order valence-corrected chi connectivity index (χ4v) is 3.00. The molecule has 0 saturated heterocycles. The summed E-state index contributed by atoms with van der Waals surface area (Å²) in [5.74, 6) is 0.277. The Morgan fingerprint density at radius 1 is 0.968 bits per heavy atom. The lowest BCUT2D eigenvalue weighted by Gasteiger charge is -2.09. The third-order valence-electron chi connectivity index (χ3n) is 4.55. The smallest absolute Gasteiger partial charge is 0.255 e. The van der Waals surface area contributed by atoms with Crippen LogP contribution in [0.3, 0.4) is 0 Å². The van der Waals surface area contributed by atoms with E-state index in [4.69, 9.17) is 17.3 Å². The predicted molar refractivity (Wildman–Crippen MR) is 123 cm³/mol. The van der Waals surface area contributed by atoms with Crippen LogP contribution in [0, 0.1) is 0 Å². The summed E-state index contributed by atoms with van der Waals surface area (Å²) in [6.07, 6.45) is 3.35. The molecule has 0 spiro atoms. The minimum atomic E-state index is -0.218. The molecule has 0 aliphatic heterocycles. The molecule has 0 saturated carbocycles. The molecule has 2 heterocycles. The number of pyridine rings is 1. The maximum absolute atomic E-state index is 12.4. The van der Waals surface area contributed by atoms with Crippen molar-refractivity contribution in [2.24, 2.45) is 0 Å². The molecule has 4 rings (SSSR count). The van der Waals surface area contributed by atoms with Gasteiger partial charge in [0.1, 0.15) is 5.15 Å². The van der Waals surface area contributed by atoms with Gasteiger partial charge in [-0.2, -0.15) is 0 Å². The summed E-state index contributed by atoms with van der Waals surface area (Å²) in [7, 11) is 0. The van der Waals surface area contributed by atoms with Crippen LogP contribution in [-0.2, 0) is 6.54 Å². The summed E-state index contributed by atoms with van der Waals surface area (Å²) in [5.41, 5.74) is 10.1. The molecular formula is C23H19ClN6O. The van der Waals surface area contributed by atoms with Crippen LogP contribution in [0.4, 0.5) is 17.3 Å². The maximum Gasteiger partial charge on any atom is 0.255 e. The lowest BCUT2D eigenvalue weighted by atomic mass is 10.1. The number of hydrogen-bond donors (Lipinski definition) is 3. The Balaban J connectivity index is 1.38. The maximum atomic E-state index is 12.4. The molecule has 4 aromatic rings. The molecule has 1 amide bonds. The van der Waals surface area contributed by atoms with E-state index in [1.54, 1.807) is 42.7 Å². The summed E-state index contributed by atoms with van der Waals surface area (Å²) >= 11 is 5.84. The standard InChI is InChI=1S/C23H19ClN6O/c24-21-10-9-17(14-27-21)19-11-12-26-23(30-19)28-13-15-5-7-16(8-6-15)22(31)29-20-4-2-1-3-18(20)25/h1-12,14H,13,25H2,(H,29,31)(H,26,28,30). The summed E-state index contributed by atoms with van der Waals surface area (Å²) in [6, 6.07) is 19.8. The fraction of sp³-hybridized carbons (Fsp3) is 0.0435. The van der Waals surface area contributed by atoms with Gasteiger partial charge in [0.25, 0.3) is 5.91 Å². The number of nitrogens with two attached hydrogens (primary N) is 1.